The van der Waals surface area contributed by atoms with Crippen LogP contribution in [0.2, 0.25) is 0 Å². The van der Waals surface area contributed by atoms with Crippen LogP contribution >= 0.6 is 23.6 Å². The van der Waals surface area contributed by atoms with E-state index in [0.717, 1.165) is 55.9 Å². The van der Waals surface area contributed by atoms with Gasteiger partial charge in [0.2, 0.25) is 10.7 Å². The van der Waals surface area contributed by atoms with E-state index in [2.05, 4.69) is 63.1 Å². The van der Waals surface area contributed by atoms with Crippen LogP contribution in [0, 0.1) is 11.7 Å². The van der Waals surface area contributed by atoms with Gasteiger partial charge in [0.05, 0.1) is 25.6 Å². The van der Waals surface area contributed by atoms with Crippen molar-refractivity contribution in [1.29, 1.82) is 0 Å². The Balaban J connectivity index is 1.52. The van der Waals surface area contributed by atoms with Crippen LogP contribution in [0.25, 0.3) is 5.69 Å². The zero-order valence-electron chi connectivity index (χ0n) is 17.2. The molecule has 6 nitrogen and oxygen atoms in total. The molecule has 0 bridgehead atoms. The monoisotopic (exact) mass is 441 g/mol. The molecule has 8 heteroatoms. The van der Waals surface area contributed by atoms with Crippen LogP contribution in [-0.4, -0.2) is 52.1 Å². The molecule has 1 unspecified atom stereocenters. The van der Waals surface area contributed by atoms with Crippen molar-refractivity contribution < 1.29 is 4.74 Å². The molecule has 2 aliphatic heterocycles. The number of aromatic nitrogens is 3. The minimum atomic E-state index is 0.461. The SMILES string of the molecule is Cc1cccc(-n2c(N3CCOCC3)nn(CN3CCCC3c3cccs3)c2=S)c1. The highest BCUT2D eigenvalue weighted by Gasteiger charge is 2.28. The van der Waals surface area contributed by atoms with E-state index in [9.17, 15) is 0 Å². The average molecular weight is 442 g/mol. The molecule has 0 amide bonds. The van der Waals surface area contributed by atoms with E-state index in [1.807, 2.05) is 16.0 Å². The van der Waals surface area contributed by atoms with Crippen molar-refractivity contribution in [2.75, 3.05) is 37.7 Å². The minimum absolute atomic E-state index is 0.461. The Morgan fingerprint density at radius 2 is 2.03 bits per heavy atom. The molecule has 30 heavy (non-hydrogen) atoms. The summed E-state index contributed by atoms with van der Waals surface area (Å²) < 4.78 is 10.5. The molecule has 3 aromatic rings. The Kier molecular flexibility index (Phi) is 5.73. The number of hydrogen-bond donors (Lipinski definition) is 0. The van der Waals surface area contributed by atoms with Crippen LogP contribution in [-0.2, 0) is 11.4 Å². The Morgan fingerprint density at radius 3 is 2.80 bits per heavy atom. The number of benzene rings is 1. The third kappa shape index (κ3) is 3.85. The molecule has 5 rings (SSSR count). The lowest BCUT2D eigenvalue weighted by Crippen LogP contribution is -2.38. The maximum atomic E-state index is 5.96. The largest absolute Gasteiger partial charge is 0.378 e. The lowest BCUT2D eigenvalue weighted by molar-refractivity contribution is 0.121. The number of morpholine rings is 1. The average Bonchev–Trinajstić information content (AvgIpc) is 3.50. The van der Waals surface area contributed by atoms with Crippen molar-refractivity contribution in [1.82, 2.24) is 19.2 Å². The molecule has 2 aromatic heterocycles. The lowest BCUT2D eigenvalue weighted by atomic mass is 10.2. The molecule has 2 aliphatic rings. The molecule has 0 spiro atoms. The van der Waals surface area contributed by atoms with Crippen molar-refractivity contribution in [2.45, 2.75) is 32.5 Å². The third-order valence-corrected chi connectivity index (χ3v) is 7.29. The molecule has 2 saturated heterocycles. The first kappa shape index (κ1) is 19.9. The molecule has 158 valence electrons. The van der Waals surface area contributed by atoms with Gasteiger partial charge in [0.25, 0.3) is 0 Å². The Labute approximate surface area is 186 Å². The zero-order chi connectivity index (χ0) is 20.5. The number of likely N-dealkylation sites (tertiary alicyclic amines) is 1. The lowest BCUT2D eigenvalue weighted by Gasteiger charge is -2.27. The first-order valence-corrected chi connectivity index (χ1v) is 11.9. The topological polar surface area (TPSA) is 38.5 Å². The highest BCUT2D eigenvalue weighted by molar-refractivity contribution is 7.71. The molecule has 1 aromatic carbocycles. The van der Waals surface area contributed by atoms with Gasteiger partial charge in [-0.15, -0.1) is 16.4 Å². The van der Waals surface area contributed by atoms with Crippen molar-refractivity contribution >= 4 is 29.5 Å². The summed E-state index contributed by atoms with van der Waals surface area (Å²) in [4.78, 5) is 6.24. The Bertz CT molecular complexity index is 1050. The van der Waals surface area contributed by atoms with Gasteiger partial charge >= 0.3 is 0 Å². The summed E-state index contributed by atoms with van der Waals surface area (Å²) in [6.45, 7) is 7.02. The summed E-state index contributed by atoms with van der Waals surface area (Å²) in [6, 6.07) is 13.3. The van der Waals surface area contributed by atoms with Crippen molar-refractivity contribution in [3.63, 3.8) is 0 Å². The number of thiophene rings is 1. The fourth-order valence-corrected chi connectivity index (χ4v) is 5.60. The van der Waals surface area contributed by atoms with Crippen LogP contribution in [0.3, 0.4) is 0 Å². The zero-order valence-corrected chi connectivity index (χ0v) is 18.9. The van der Waals surface area contributed by atoms with E-state index < -0.39 is 0 Å². The second-order valence-corrected chi connectivity index (χ2v) is 9.33. The Morgan fingerprint density at radius 1 is 1.17 bits per heavy atom. The van der Waals surface area contributed by atoms with E-state index in [0.29, 0.717) is 6.04 Å². The van der Waals surface area contributed by atoms with Crippen LogP contribution in [0.5, 0.6) is 0 Å². The Hall–Kier alpha value is -2.00. The van der Waals surface area contributed by atoms with E-state index in [1.165, 1.54) is 23.3 Å². The summed E-state index contributed by atoms with van der Waals surface area (Å²) in [5.74, 6) is 0.917. The summed E-state index contributed by atoms with van der Waals surface area (Å²) in [7, 11) is 0. The molecule has 2 fully saturated rings. The van der Waals surface area contributed by atoms with Crippen molar-refractivity contribution in [3.05, 3.63) is 57.0 Å². The molecule has 0 radical (unpaired) electrons. The fourth-order valence-electron chi connectivity index (χ4n) is 4.42. The second kappa shape index (κ2) is 8.63. The predicted octanol–water partition coefficient (Wildman–Crippen LogP) is 4.40. The van der Waals surface area contributed by atoms with E-state index in [-0.39, 0.29) is 0 Å². The van der Waals surface area contributed by atoms with Gasteiger partial charge in [0, 0.05) is 30.6 Å². The quantitative estimate of drug-likeness (QED) is 0.549. The number of anilines is 1. The number of nitrogens with zero attached hydrogens (tertiary/aromatic N) is 5. The number of rotatable bonds is 5. The molecule has 0 saturated carbocycles. The predicted molar refractivity (Wildman–Crippen MR) is 123 cm³/mol. The fraction of sp³-hybridized carbons (Fsp3) is 0.455. The highest BCUT2D eigenvalue weighted by Crippen LogP contribution is 2.35. The number of hydrogen-bond acceptors (Lipinski definition) is 6. The second-order valence-electron chi connectivity index (χ2n) is 7.98. The van der Waals surface area contributed by atoms with Gasteiger partial charge < -0.3 is 9.64 Å². The maximum absolute atomic E-state index is 5.96. The molecular formula is C22H27N5OS2. The molecule has 0 aliphatic carbocycles. The van der Waals surface area contributed by atoms with Gasteiger partial charge in [-0.3, -0.25) is 9.47 Å². The van der Waals surface area contributed by atoms with Gasteiger partial charge in [0.1, 0.15) is 0 Å². The first-order chi connectivity index (χ1) is 14.7. The summed E-state index contributed by atoms with van der Waals surface area (Å²) >= 11 is 7.81. The van der Waals surface area contributed by atoms with Crippen LogP contribution in [0.4, 0.5) is 5.95 Å². The maximum Gasteiger partial charge on any atom is 0.230 e. The van der Waals surface area contributed by atoms with Gasteiger partial charge in [-0.1, -0.05) is 18.2 Å². The van der Waals surface area contributed by atoms with Gasteiger partial charge in [-0.2, -0.15) is 0 Å². The summed E-state index contributed by atoms with van der Waals surface area (Å²) in [6.07, 6.45) is 2.41. The van der Waals surface area contributed by atoms with Crippen LogP contribution in [0.15, 0.2) is 41.8 Å². The molecular weight excluding hydrogens is 414 g/mol. The van der Waals surface area contributed by atoms with Crippen molar-refractivity contribution in [3.8, 4) is 5.69 Å². The van der Waals surface area contributed by atoms with E-state index in [1.54, 1.807) is 0 Å². The summed E-state index contributed by atoms with van der Waals surface area (Å²) in [5, 5.41) is 7.19. The highest BCUT2D eigenvalue weighted by atomic mass is 32.1. The molecule has 0 N–H and O–H groups in total. The van der Waals surface area contributed by atoms with E-state index in [4.69, 9.17) is 22.1 Å². The van der Waals surface area contributed by atoms with Gasteiger partial charge in [0.15, 0.2) is 0 Å². The molecule has 4 heterocycles. The summed E-state index contributed by atoms with van der Waals surface area (Å²) in [5.41, 5.74) is 2.29. The normalized spacial score (nSPS) is 20.2. The minimum Gasteiger partial charge on any atom is -0.378 e. The van der Waals surface area contributed by atoms with Crippen LogP contribution < -0.4 is 4.90 Å². The number of aryl methyl sites for hydroxylation is 1. The smallest absolute Gasteiger partial charge is 0.230 e. The standard InChI is InChI=1S/C22H27N5OS2/c1-17-5-2-6-18(15-17)27-21(24-10-12-28-13-11-24)23-26(22(27)29)16-25-9-3-7-19(25)20-8-4-14-30-20/h2,4-6,8,14-15,19H,3,7,9-13,16H2,1H3. The van der Waals surface area contributed by atoms with Gasteiger partial charge in [-0.05, 0) is 61.1 Å². The number of ether oxygens (including phenoxy) is 1. The third-order valence-electron chi connectivity index (χ3n) is 5.93. The molecule has 1 atom stereocenters. The van der Waals surface area contributed by atoms with Crippen molar-refractivity contribution in [2.24, 2.45) is 0 Å². The first-order valence-electron chi connectivity index (χ1n) is 10.6. The van der Waals surface area contributed by atoms with E-state index >= 15 is 0 Å². The van der Waals surface area contributed by atoms with Crippen LogP contribution in [0.1, 0.15) is 29.3 Å². The van der Waals surface area contributed by atoms with Gasteiger partial charge in [-0.25, -0.2) is 4.68 Å².